The number of nitrogens with two attached hydrogens (primary N) is 1. The summed E-state index contributed by atoms with van der Waals surface area (Å²) in [6.45, 7) is 0. The Kier molecular flexibility index (Phi) is 3.71. The lowest BCUT2D eigenvalue weighted by Gasteiger charge is -2.10. The molecule has 0 bridgehead atoms. The van der Waals surface area contributed by atoms with E-state index in [1.807, 2.05) is 72.8 Å². The number of anilines is 1. The smallest absolute Gasteiger partial charge is 0.198 e. The van der Waals surface area contributed by atoms with Gasteiger partial charge >= 0.3 is 0 Å². The normalized spacial score (nSPS) is 11.8. The molecule has 25 heavy (non-hydrogen) atoms. The summed E-state index contributed by atoms with van der Waals surface area (Å²) < 4.78 is 0. The second kappa shape index (κ2) is 6.17. The predicted molar refractivity (Wildman–Crippen MR) is 104 cm³/mol. The summed E-state index contributed by atoms with van der Waals surface area (Å²) in [7, 11) is 0. The van der Waals surface area contributed by atoms with Crippen LogP contribution in [0, 0.1) is 0 Å². The molecule has 4 nitrogen and oxygen atoms in total. The largest absolute Gasteiger partial charge is 0.506 e. The Morgan fingerprint density at radius 3 is 2.20 bits per heavy atom. The van der Waals surface area contributed by atoms with Crippen molar-refractivity contribution in [2.45, 2.75) is 0 Å². The predicted octanol–water partition coefficient (Wildman–Crippen LogP) is 4.76. The lowest BCUT2D eigenvalue weighted by Crippen LogP contribution is -2.22. The van der Waals surface area contributed by atoms with Crippen molar-refractivity contribution in [2.75, 3.05) is 5.32 Å². The number of hydrogen-bond donors (Lipinski definition) is 3. The average Bonchev–Trinajstić information content (AvgIpc) is 2.64. The molecule has 0 aliphatic rings. The first-order chi connectivity index (χ1) is 12.2. The Bertz CT molecular complexity index is 1100. The summed E-state index contributed by atoms with van der Waals surface area (Å²) in [6.07, 6.45) is 0. The van der Waals surface area contributed by atoms with Gasteiger partial charge in [-0.3, -0.25) is 0 Å². The van der Waals surface area contributed by atoms with Gasteiger partial charge in [-0.2, -0.15) is 0 Å². The molecule has 4 N–H and O–H groups in total. The number of aliphatic imine (C=N–C) groups is 1. The first-order valence-electron chi connectivity index (χ1n) is 8.02. The Morgan fingerprint density at radius 2 is 1.40 bits per heavy atom. The van der Waals surface area contributed by atoms with Crippen LogP contribution in [-0.4, -0.2) is 11.1 Å². The van der Waals surface area contributed by atoms with Crippen molar-refractivity contribution >= 4 is 38.9 Å². The lowest BCUT2D eigenvalue weighted by atomic mass is 10.1. The molecule has 0 aliphatic heterocycles. The van der Waals surface area contributed by atoms with Crippen LogP contribution in [-0.2, 0) is 0 Å². The third-order valence-electron chi connectivity index (χ3n) is 4.16. The highest BCUT2D eigenvalue weighted by atomic mass is 16.3. The van der Waals surface area contributed by atoms with E-state index in [1.54, 1.807) is 6.07 Å². The number of aromatic hydroxyl groups is 1. The van der Waals surface area contributed by atoms with Gasteiger partial charge in [0.05, 0.1) is 0 Å². The fourth-order valence-corrected chi connectivity index (χ4v) is 2.98. The molecule has 0 saturated carbocycles. The van der Waals surface area contributed by atoms with Crippen LogP contribution in [0.4, 0.5) is 11.4 Å². The molecule has 0 unspecified atom stereocenters. The fraction of sp³-hybridized carbons (Fsp3) is 0. The van der Waals surface area contributed by atoms with Crippen molar-refractivity contribution in [3.8, 4) is 5.75 Å². The number of rotatable bonds is 2. The summed E-state index contributed by atoms with van der Waals surface area (Å²) in [5.41, 5.74) is 7.45. The van der Waals surface area contributed by atoms with E-state index in [4.69, 9.17) is 5.73 Å². The Balaban J connectivity index is 1.76. The number of phenols is 1. The highest BCUT2D eigenvalue weighted by Gasteiger charge is 2.07. The van der Waals surface area contributed by atoms with Crippen LogP contribution in [0.3, 0.4) is 0 Å². The number of nitrogens with zero attached hydrogens (tertiary/aromatic N) is 1. The Morgan fingerprint density at radius 1 is 0.760 bits per heavy atom. The van der Waals surface area contributed by atoms with Crippen molar-refractivity contribution < 1.29 is 5.11 Å². The molecule has 0 radical (unpaired) electrons. The molecule has 4 aromatic rings. The van der Waals surface area contributed by atoms with Crippen LogP contribution >= 0.6 is 0 Å². The van der Waals surface area contributed by atoms with Crippen molar-refractivity contribution in [3.63, 3.8) is 0 Å². The van der Waals surface area contributed by atoms with Crippen LogP contribution in [0.15, 0.2) is 83.9 Å². The fourth-order valence-electron chi connectivity index (χ4n) is 2.98. The van der Waals surface area contributed by atoms with E-state index in [9.17, 15) is 5.11 Å². The molecule has 0 spiro atoms. The number of fused-ring (bicyclic) bond motifs is 2. The van der Waals surface area contributed by atoms with E-state index in [2.05, 4.69) is 10.3 Å². The number of guanidine groups is 1. The van der Waals surface area contributed by atoms with Gasteiger partial charge in [0.1, 0.15) is 11.4 Å². The van der Waals surface area contributed by atoms with Gasteiger partial charge < -0.3 is 16.2 Å². The summed E-state index contributed by atoms with van der Waals surface area (Å²) in [5, 5.41) is 17.4. The van der Waals surface area contributed by atoms with E-state index >= 15 is 0 Å². The van der Waals surface area contributed by atoms with Crippen molar-refractivity contribution in [1.82, 2.24) is 0 Å². The minimum Gasteiger partial charge on any atom is -0.506 e. The lowest BCUT2D eigenvalue weighted by molar-refractivity contribution is 0.477. The zero-order valence-electron chi connectivity index (χ0n) is 13.5. The van der Waals surface area contributed by atoms with Crippen LogP contribution in [0.5, 0.6) is 5.75 Å². The minimum absolute atomic E-state index is 0.0985. The highest BCUT2D eigenvalue weighted by molar-refractivity contribution is 6.05. The van der Waals surface area contributed by atoms with Gasteiger partial charge in [0.25, 0.3) is 0 Å². The summed E-state index contributed by atoms with van der Waals surface area (Å²) >= 11 is 0. The first-order valence-corrected chi connectivity index (χ1v) is 8.02. The molecule has 0 aliphatic carbocycles. The molecule has 4 aromatic carbocycles. The Hall–Kier alpha value is -3.53. The van der Waals surface area contributed by atoms with Crippen LogP contribution < -0.4 is 11.1 Å². The third-order valence-corrected chi connectivity index (χ3v) is 4.16. The molecule has 0 aromatic heterocycles. The molecule has 0 atom stereocenters. The molecule has 0 amide bonds. The molecule has 122 valence electrons. The number of hydrogen-bond acceptors (Lipinski definition) is 2. The first kappa shape index (κ1) is 15.0. The highest BCUT2D eigenvalue weighted by Crippen LogP contribution is 2.35. The quantitative estimate of drug-likeness (QED) is 0.367. The summed E-state index contributed by atoms with van der Waals surface area (Å²) in [6, 6.07) is 25.3. The molecular formula is C21H17N3O. The van der Waals surface area contributed by atoms with Crippen LogP contribution in [0.25, 0.3) is 21.5 Å². The monoisotopic (exact) mass is 327 g/mol. The van der Waals surface area contributed by atoms with Crippen molar-refractivity contribution in [1.29, 1.82) is 0 Å². The zero-order chi connectivity index (χ0) is 17.2. The maximum absolute atomic E-state index is 10.2. The van der Waals surface area contributed by atoms with Gasteiger partial charge in [0.2, 0.25) is 0 Å². The van der Waals surface area contributed by atoms with Gasteiger partial charge in [0, 0.05) is 16.5 Å². The average molecular weight is 327 g/mol. The van der Waals surface area contributed by atoms with Crippen molar-refractivity contribution in [2.24, 2.45) is 10.7 Å². The maximum Gasteiger partial charge on any atom is 0.198 e. The number of benzene rings is 4. The van der Waals surface area contributed by atoms with Crippen LogP contribution in [0.2, 0.25) is 0 Å². The van der Waals surface area contributed by atoms with Crippen molar-refractivity contribution in [3.05, 3.63) is 78.9 Å². The van der Waals surface area contributed by atoms with E-state index in [0.717, 1.165) is 27.2 Å². The number of nitrogens with one attached hydrogen (secondary N) is 1. The standard InChI is InChI=1S/C21H17N3O/c22-21(23-18-11-5-8-14-6-1-3-9-16(14)18)24-20-17-10-4-2-7-15(17)12-13-19(20)25/h1-13,25H,(H3,22,23,24). The molecule has 4 heteroatoms. The van der Waals surface area contributed by atoms with E-state index in [-0.39, 0.29) is 11.7 Å². The second-order valence-corrected chi connectivity index (χ2v) is 5.80. The van der Waals surface area contributed by atoms with Gasteiger partial charge in [-0.15, -0.1) is 0 Å². The molecule has 4 rings (SSSR count). The molecular weight excluding hydrogens is 310 g/mol. The summed E-state index contributed by atoms with van der Waals surface area (Å²) in [5.74, 6) is 0.323. The van der Waals surface area contributed by atoms with E-state index < -0.39 is 0 Å². The molecule has 0 fully saturated rings. The van der Waals surface area contributed by atoms with Gasteiger partial charge in [-0.25, -0.2) is 4.99 Å². The molecule has 0 heterocycles. The van der Waals surface area contributed by atoms with Crippen LogP contribution in [0.1, 0.15) is 0 Å². The SMILES string of the molecule is NC(=Nc1c(O)ccc2ccccc12)Nc1cccc2ccccc12. The maximum atomic E-state index is 10.2. The molecule has 0 saturated heterocycles. The third kappa shape index (κ3) is 2.85. The Labute approximate surface area is 145 Å². The topological polar surface area (TPSA) is 70.6 Å². The second-order valence-electron chi connectivity index (χ2n) is 5.80. The van der Waals surface area contributed by atoms with Gasteiger partial charge in [0.15, 0.2) is 5.96 Å². The van der Waals surface area contributed by atoms with Gasteiger partial charge in [-0.1, -0.05) is 66.7 Å². The minimum atomic E-state index is 0.0985. The van der Waals surface area contributed by atoms with E-state index in [1.165, 1.54) is 0 Å². The summed E-state index contributed by atoms with van der Waals surface area (Å²) in [4.78, 5) is 4.42. The number of phenolic OH excluding ortho intramolecular Hbond substituents is 1. The van der Waals surface area contributed by atoms with Gasteiger partial charge in [-0.05, 0) is 22.9 Å². The van der Waals surface area contributed by atoms with E-state index in [0.29, 0.717) is 5.69 Å². The zero-order valence-corrected chi connectivity index (χ0v) is 13.5.